The minimum atomic E-state index is -4.66. The van der Waals surface area contributed by atoms with Crippen molar-refractivity contribution in [3.8, 4) is 0 Å². The van der Waals surface area contributed by atoms with Crippen molar-refractivity contribution in [1.82, 2.24) is 0 Å². The second-order valence-corrected chi connectivity index (χ2v) is 3.56. The first kappa shape index (κ1) is 13.0. The van der Waals surface area contributed by atoms with Crippen molar-refractivity contribution in [2.45, 2.75) is 6.18 Å². The van der Waals surface area contributed by atoms with Crippen LogP contribution in [0.15, 0.2) is 12.1 Å². The van der Waals surface area contributed by atoms with Gasteiger partial charge in [-0.2, -0.15) is 13.2 Å². The molecule has 0 unspecified atom stereocenters. The van der Waals surface area contributed by atoms with Crippen LogP contribution in [0.2, 0.25) is 5.02 Å². The highest BCUT2D eigenvalue weighted by molar-refractivity contribution is 6.68. The number of hydrogen-bond donors (Lipinski definition) is 0. The SMILES string of the molecule is O=Cc1c(Cl)cc(C(F)(F)F)cc1C(=O)Cl. The fourth-order valence-corrected chi connectivity index (χ4v) is 1.48. The molecule has 86 valence electrons. The predicted molar refractivity (Wildman–Crippen MR) is 52.0 cm³/mol. The molecule has 0 atom stereocenters. The number of carbonyl (C=O) groups excluding carboxylic acids is 2. The first-order valence-corrected chi connectivity index (χ1v) is 4.58. The molecular weight excluding hydrogens is 268 g/mol. The van der Waals surface area contributed by atoms with E-state index in [0.717, 1.165) is 0 Å². The molecule has 0 bridgehead atoms. The minimum Gasteiger partial charge on any atom is -0.298 e. The van der Waals surface area contributed by atoms with Gasteiger partial charge in [0.05, 0.1) is 10.6 Å². The van der Waals surface area contributed by atoms with Crippen LogP contribution in [0.25, 0.3) is 0 Å². The van der Waals surface area contributed by atoms with Gasteiger partial charge in [0.1, 0.15) is 0 Å². The average molecular weight is 271 g/mol. The van der Waals surface area contributed by atoms with E-state index in [9.17, 15) is 22.8 Å². The maximum absolute atomic E-state index is 12.3. The van der Waals surface area contributed by atoms with Gasteiger partial charge in [0, 0.05) is 11.1 Å². The maximum Gasteiger partial charge on any atom is 0.416 e. The van der Waals surface area contributed by atoms with E-state index in [4.69, 9.17) is 23.2 Å². The molecule has 16 heavy (non-hydrogen) atoms. The van der Waals surface area contributed by atoms with E-state index in [-0.39, 0.29) is 11.8 Å². The summed E-state index contributed by atoms with van der Waals surface area (Å²) in [6, 6.07) is 1.06. The smallest absolute Gasteiger partial charge is 0.298 e. The fourth-order valence-electron chi connectivity index (χ4n) is 1.06. The van der Waals surface area contributed by atoms with Crippen molar-refractivity contribution in [1.29, 1.82) is 0 Å². The Morgan fingerprint density at radius 2 is 1.88 bits per heavy atom. The topological polar surface area (TPSA) is 34.1 Å². The summed E-state index contributed by atoms with van der Waals surface area (Å²) >= 11 is 10.5. The van der Waals surface area contributed by atoms with E-state index in [1.807, 2.05) is 0 Å². The number of halogens is 5. The average Bonchev–Trinajstić information content (AvgIpc) is 2.14. The molecule has 0 N–H and O–H groups in total. The molecular formula is C9H3Cl2F3O2. The second kappa shape index (κ2) is 4.43. The monoisotopic (exact) mass is 270 g/mol. The van der Waals surface area contributed by atoms with E-state index < -0.39 is 27.6 Å². The largest absolute Gasteiger partial charge is 0.416 e. The van der Waals surface area contributed by atoms with Crippen molar-refractivity contribution >= 4 is 34.7 Å². The second-order valence-electron chi connectivity index (χ2n) is 2.81. The van der Waals surface area contributed by atoms with Crippen LogP contribution in [0, 0.1) is 0 Å². The Kier molecular flexibility index (Phi) is 3.60. The molecule has 0 radical (unpaired) electrons. The van der Waals surface area contributed by atoms with Gasteiger partial charge in [-0.25, -0.2) is 0 Å². The lowest BCUT2D eigenvalue weighted by molar-refractivity contribution is -0.137. The van der Waals surface area contributed by atoms with Crippen molar-refractivity contribution in [3.63, 3.8) is 0 Å². The highest BCUT2D eigenvalue weighted by Gasteiger charge is 2.32. The molecule has 0 spiro atoms. The van der Waals surface area contributed by atoms with Crippen molar-refractivity contribution in [2.24, 2.45) is 0 Å². The van der Waals surface area contributed by atoms with Gasteiger partial charge in [0.2, 0.25) is 0 Å². The Morgan fingerprint density at radius 1 is 1.31 bits per heavy atom. The van der Waals surface area contributed by atoms with Gasteiger partial charge >= 0.3 is 6.18 Å². The van der Waals surface area contributed by atoms with Gasteiger partial charge in [-0.15, -0.1) is 0 Å². The zero-order chi connectivity index (χ0) is 12.5. The fraction of sp³-hybridized carbons (Fsp3) is 0.111. The van der Waals surface area contributed by atoms with Crippen LogP contribution in [0.4, 0.5) is 13.2 Å². The Morgan fingerprint density at radius 3 is 2.25 bits per heavy atom. The molecule has 1 rings (SSSR count). The Balaban J connectivity index is 3.52. The third-order valence-electron chi connectivity index (χ3n) is 1.79. The molecule has 0 saturated carbocycles. The van der Waals surface area contributed by atoms with Gasteiger partial charge in [0.15, 0.2) is 6.29 Å². The number of alkyl halides is 3. The summed E-state index contributed by atoms with van der Waals surface area (Å²) in [7, 11) is 0. The lowest BCUT2D eigenvalue weighted by Gasteiger charge is -2.10. The number of aldehydes is 1. The van der Waals surface area contributed by atoms with Gasteiger partial charge < -0.3 is 0 Å². The summed E-state index contributed by atoms with van der Waals surface area (Å²) in [5.41, 5.74) is -2.04. The molecule has 0 saturated heterocycles. The normalized spacial score (nSPS) is 11.3. The lowest BCUT2D eigenvalue weighted by atomic mass is 10.1. The molecule has 1 aromatic rings. The Labute approximate surface area is 98.0 Å². The van der Waals surface area contributed by atoms with Gasteiger partial charge in [-0.1, -0.05) is 11.6 Å². The first-order chi connectivity index (χ1) is 7.27. The standard InChI is InChI=1S/C9H3Cl2F3O2/c10-7-2-4(9(12,13)14)1-5(8(11)16)6(7)3-15/h1-3H. The zero-order valence-corrected chi connectivity index (χ0v) is 8.95. The van der Waals surface area contributed by atoms with Gasteiger partial charge in [-0.05, 0) is 23.7 Å². The number of hydrogen-bond acceptors (Lipinski definition) is 2. The van der Waals surface area contributed by atoms with Crippen LogP contribution in [0.1, 0.15) is 26.3 Å². The highest BCUT2D eigenvalue weighted by atomic mass is 35.5. The highest BCUT2D eigenvalue weighted by Crippen LogP contribution is 2.33. The quantitative estimate of drug-likeness (QED) is 0.608. The summed E-state index contributed by atoms with van der Waals surface area (Å²) in [6.45, 7) is 0. The van der Waals surface area contributed by atoms with E-state index in [0.29, 0.717) is 12.1 Å². The van der Waals surface area contributed by atoms with Crippen LogP contribution in [-0.4, -0.2) is 11.5 Å². The van der Waals surface area contributed by atoms with Crippen LogP contribution < -0.4 is 0 Å². The molecule has 2 nitrogen and oxygen atoms in total. The van der Waals surface area contributed by atoms with Crippen LogP contribution >= 0.6 is 23.2 Å². The lowest BCUT2D eigenvalue weighted by Crippen LogP contribution is -2.08. The summed E-state index contributed by atoms with van der Waals surface area (Å²) in [5, 5.41) is -1.64. The van der Waals surface area contributed by atoms with E-state index >= 15 is 0 Å². The third-order valence-corrected chi connectivity index (χ3v) is 2.30. The maximum atomic E-state index is 12.3. The summed E-state index contributed by atoms with van der Waals surface area (Å²) < 4.78 is 37.0. The van der Waals surface area contributed by atoms with E-state index in [1.54, 1.807) is 0 Å². The predicted octanol–water partition coefficient (Wildman–Crippen LogP) is 3.55. The van der Waals surface area contributed by atoms with E-state index in [2.05, 4.69) is 0 Å². The van der Waals surface area contributed by atoms with Gasteiger partial charge in [0.25, 0.3) is 5.24 Å². The minimum absolute atomic E-state index is 0.179. The Bertz CT molecular complexity index is 455. The summed E-state index contributed by atoms with van der Waals surface area (Å²) in [4.78, 5) is 21.4. The molecule has 0 aromatic heterocycles. The van der Waals surface area contributed by atoms with Crippen LogP contribution in [-0.2, 0) is 6.18 Å². The number of carbonyl (C=O) groups is 2. The number of rotatable bonds is 2. The third kappa shape index (κ3) is 2.54. The molecule has 0 aliphatic carbocycles. The van der Waals surface area contributed by atoms with Gasteiger partial charge in [-0.3, -0.25) is 9.59 Å². The van der Waals surface area contributed by atoms with Crippen LogP contribution in [0.5, 0.6) is 0 Å². The van der Waals surface area contributed by atoms with E-state index in [1.165, 1.54) is 0 Å². The molecule has 0 amide bonds. The van der Waals surface area contributed by atoms with Crippen LogP contribution in [0.3, 0.4) is 0 Å². The van der Waals surface area contributed by atoms with Crippen molar-refractivity contribution < 1.29 is 22.8 Å². The van der Waals surface area contributed by atoms with Crippen molar-refractivity contribution in [3.05, 3.63) is 33.8 Å². The molecule has 0 fully saturated rings. The summed E-state index contributed by atoms with van der Waals surface area (Å²) in [5.74, 6) is 0. The zero-order valence-electron chi connectivity index (χ0n) is 7.44. The first-order valence-electron chi connectivity index (χ1n) is 3.83. The Hall–Kier alpha value is -1.07. The molecule has 7 heteroatoms. The summed E-state index contributed by atoms with van der Waals surface area (Å²) in [6.07, 6.45) is -4.48. The molecule has 0 aliphatic rings. The molecule has 1 aromatic carbocycles. The van der Waals surface area contributed by atoms with Crippen molar-refractivity contribution in [2.75, 3.05) is 0 Å². The molecule has 0 aliphatic heterocycles. The molecule has 0 heterocycles. The number of benzene rings is 1.